The molecular formula is C16H23NO2. The van der Waals surface area contributed by atoms with Gasteiger partial charge in [0.2, 0.25) is 0 Å². The van der Waals surface area contributed by atoms with Gasteiger partial charge in [-0.05, 0) is 42.4 Å². The highest BCUT2D eigenvalue weighted by Gasteiger charge is 2.38. The van der Waals surface area contributed by atoms with E-state index in [1.165, 1.54) is 31.2 Å². The highest BCUT2D eigenvalue weighted by atomic mass is 16.6. The summed E-state index contributed by atoms with van der Waals surface area (Å²) in [7, 11) is 0. The molecule has 0 bridgehead atoms. The standard InChI is InChI=1S/C16H23NO2/c1-2-16(7-3-4-8-16)15(17)12-5-6-13-14(11-12)19-10-9-18-13/h5-6,11,15H,2-4,7-10,17H2,1H3. The van der Waals surface area contributed by atoms with Crippen molar-refractivity contribution in [2.45, 2.75) is 45.1 Å². The van der Waals surface area contributed by atoms with Gasteiger partial charge in [-0.25, -0.2) is 0 Å². The van der Waals surface area contributed by atoms with Crippen LogP contribution in [0.4, 0.5) is 0 Å². The molecule has 1 fully saturated rings. The summed E-state index contributed by atoms with van der Waals surface area (Å²) in [5, 5.41) is 0. The summed E-state index contributed by atoms with van der Waals surface area (Å²) in [4.78, 5) is 0. The Morgan fingerprint density at radius 3 is 2.53 bits per heavy atom. The van der Waals surface area contributed by atoms with Crippen molar-refractivity contribution in [1.82, 2.24) is 0 Å². The summed E-state index contributed by atoms with van der Waals surface area (Å²) in [6, 6.07) is 6.29. The van der Waals surface area contributed by atoms with Crippen LogP contribution in [0.1, 0.15) is 50.6 Å². The minimum Gasteiger partial charge on any atom is -0.486 e. The third kappa shape index (κ3) is 2.20. The van der Waals surface area contributed by atoms with Gasteiger partial charge in [0.05, 0.1) is 0 Å². The van der Waals surface area contributed by atoms with Crippen molar-refractivity contribution in [2.75, 3.05) is 13.2 Å². The van der Waals surface area contributed by atoms with E-state index in [-0.39, 0.29) is 11.5 Å². The van der Waals surface area contributed by atoms with E-state index < -0.39 is 0 Å². The van der Waals surface area contributed by atoms with Crippen molar-refractivity contribution < 1.29 is 9.47 Å². The molecule has 2 N–H and O–H groups in total. The normalized spacial score (nSPS) is 22.2. The molecule has 1 aromatic carbocycles. The lowest BCUT2D eigenvalue weighted by molar-refractivity contribution is 0.170. The van der Waals surface area contributed by atoms with Crippen LogP contribution in [0.3, 0.4) is 0 Å². The third-order valence-corrected chi connectivity index (χ3v) is 4.89. The van der Waals surface area contributed by atoms with E-state index in [1.54, 1.807) is 0 Å². The van der Waals surface area contributed by atoms with E-state index in [4.69, 9.17) is 15.2 Å². The SMILES string of the molecule is CCC1(C(N)c2ccc3c(c2)OCCO3)CCCC1. The first-order valence-electron chi connectivity index (χ1n) is 7.40. The Bertz CT molecular complexity index is 452. The van der Waals surface area contributed by atoms with Gasteiger partial charge >= 0.3 is 0 Å². The Morgan fingerprint density at radius 1 is 1.16 bits per heavy atom. The van der Waals surface area contributed by atoms with E-state index in [9.17, 15) is 0 Å². The fourth-order valence-corrected chi connectivity index (χ4v) is 3.57. The molecule has 2 aliphatic rings. The number of nitrogens with two attached hydrogens (primary N) is 1. The van der Waals surface area contributed by atoms with Crippen molar-refractivity contribution in [1.29, 1.82) is 0 Å². The molecule has 3 heteroatoms. The quantitative estimate of drug-likeness (QED) is 0.906. The van der Waals surface area contributed by atoms with Gasteiger partial charge in [0.15, 0.2) is 11.5 Å². The molecule has 1 atom stereocenters. The van der Waals surface area contributed by atoms with Gasteiger partial charge in [-0.15, -0.1) is 0 Å². The highest BCUT2D eigenvalue weighted by molar-refractivity contribution is 5.45. The third-order valence-electron chi connectivity index (χ3n) is 4.89. The number of rotatable bonds is 3. The molecule has 1 saturated carbocycles. The van der Waals surface area contributed by atoms with Crippen LogP contribution in [0, 0.1) is 5.41 Å². The van der Waals surface area contributed by atoms with Crippen LogP contribution in [0.5, 0.6) is 11.5 Å². The molecule has 1 heterocycles. The Balaban J connectivity index is 1.88. The largest absolute Gasteiger partial charge is 0.486 e. The Labute approximate surface area is 115 Å². The number of hydrogen-bond acceptors (Lipinski definition) is 3. The summed E-state index contributed by atoms with van der Waals surface area (Å²) in [6.07, 6.45) is 6.28. The molecule has 0 radical (unpaired) electrons. The van der Waals surface area contributed by atoms with Crippen LogP contribution in [0.15, 0.2) is 18.2 Å². The molecule has 3 rings (SSSR count). The monoisotopic (exact) mass is 261 g/mol. The van der Waals surface area contributed by atoms with Gasteiger partial charge in [0, 0.05) is 6.04 Å². The van der Waals surface area contributed by atoms with Crippen molar-refractivity contribution >= 4 is 0 Å². The van der Waals surface area contributed by atoms with Crippen molar-refractivity contribution in [3.63, 3.8) is 0 Å². The van der Waals surface area contributed by atoms with Gasteiger partial charge in [0.25, 0.3) is 0 Å². The molecular weight excluding hydrogens is 238 g/mol. The molecule has 0 saturated heterocycles. The second-order valence-electron chi connectivity index (χ2n) is 5.80. The van der Waals surface area contributed by atoms with Gasteiger partial charge in [0.1, 0.15) is 13.2 Å². The van der Waals surface area contributed by atoms with E-state index in [1.807, 2.05) is 6.07 Å². The molecule has 3 nitrogen and oxygen atoms in total. The zero-order valence-corrected chi connectivity index (χ0v) is 11.7. The maximum Gasteiger partial charge on any atom is 0.161 e. The first-order chi connectivity index (χ1) is 9.25. The van der Waals surface area contributed by atoms with Crippen LogP contribution in [-0.4, -0.2) is 13.2 Å². The smallest absolute Gasteiger partial charge is 0.161 e. The average Bonchev–Trinajstić information content (AvgIpc) is 2.96. The summed E-state index contributed by atoms with van der Waals surface area (Å²) in [5.41, 5.74) is 8.05. The molecule has 1 unspecified atom stereocenters. The molecule has 0 aromatic heterocycles. The average molecular weight is 261 g/mol. The second kappa shape index (κ2) is 5.04. The van der Waals surface area contributed by atoms with Crippen molar-refractivity contribution in [3.8, 4) is 11.5 Å². The van der Waals surface area contributed by atoms with Gasteiger partial charge in [-0.2, -0.15) is 0 Å². The molecule has 0 spiro atoms. The molecule has 0 amide bonds. The Hall–Kier alpha value is -1.22. The van der Waals surface area contributed by atoms with Crippen molar-refractivity contribution in [2.24, 2.45) is 11.1 Å². The fourth-order valence-electron chi connectivity index (χ4n) is 3.57. The van der Waals surface area contributed by atoms with Gasteiger partial charge in [-0.1, -0.05) is 25.8 Å². The summed E-state index contributed by atoms with van der Waals surface area (Å²) in [5.74, 6) is 1.70. The van der Waals surface area contributed by atoms with Crippen LogP contribution < -0.4 is 15.2 Å². The van der Waals surface area contributed by atoms with Crippen LogP contribution >= 0.6 is 0 Å². The van der Waals surface area contributed by atoms with E-state index >= 15 is 0 Å². The summed E-state index contributed by atoms with van der Waals surface area (Å²) >= 11 is 0. The predicted molar refractivity (Wildman–Crippen MR) is 75.6 cm³/mol. The predicted octanol–water partition coefficient (Wildman–Crippen LogP) is 3.43. The van der Waals surface area contributed by atoms with Gasteiger partial charge in [-0.3, -0.25) is 0 Å². The topological polar surface area (TPSA) is 44.5 Å². The molecule has 1 aromatic rings. The lowest BCUT2D eigenvalue weighted by atomic mass is 9.74. The maximum absolute atomic E-state index is 6.58. The van der Waals surface area contributed by atoms with Gasteiger partial charge < -0.3 is 15.2 Å². The van der Waals surface area contributed by atoms with Crippen molar-refractivity contribution in [3.05, 3.63) is 23.8 Å². The zero-order valence-electron chi connectivity index (χ0n) is 11.7. The number of ether oxygens (including phenoxy) is 2. The van der Waals surface area contributed by atoms with E-state index in [0.717, 1.165) is 17.9 Å². The Morgan fingerprint density at radius 2 is 1.84 bits per heavy atom. The fraction of sp³-hybridized carbons (Fsp3) is 0.625. The molecule has 1 aliphatic heterocycles. The zero-order chi connectivity index (χ0) is 13.3. The lowest BCUT2D eigenvalue weighted by Gasteiger charge is -2.35. The lowest BCUT2D eigenvalue weighted by Crippen LogP contribution is -2.31. The first-order valence-corrected chi connectivity index (χ1v) is 7.40. The number of fused-ring (bicyclic) bond motifs is 1. The first kappa shape index (κ1) is 12.8. The van der Waals surface area contributed by atoms with E-state index in [2.05, 4.69) is 19.1 Å². The Kier molecular flexibility index (Phi) is 3.40. The minimum atomic E-state index is 0.107. The molecule has 1 aliphatic carbocycles. The summed E-state index contributed by atoms with van der Waals surface area (Å²) in [6.45, 7) is 3.53. The number of hydrogen-bond donors (Lipinski definition) is 1. The molecule has 19 heavy (non-hydrogen) atoms. The van der Waals surface area contributed by atoms with Crippen LogP contribution in [0.25, 0.3) is 0 Å². The number of benzene rings is 1. The van der Waals surface area contributed by atoms with Crippen LogP contribution in [-0.2, 0) is 0 Å². The highest BCUT2D eigenvalue weighted by Crippen LogP contribution is 2.49. The second-order valence-corrected chi connectivity index (χ2v) is 5.80. The summed E-state index contributed by atoms with van der Waals surface area (Å²) < 4.78 is 11.2. The van der Waals surface area contributed by atoms with Crippen LogP contribution in [0.2, 0.25) is 0 Å². The van der Waals surface area contributed by atoms with E-state index in [0.29, 0.717) is 13.2 Å². The maximum atomic E-state index is 6.58. The minimum absolute atomic E-state index is 0.107. The molecule has 104 valence electrons.